The summed E-state index contributed by atoms with van der Waals surface area (Å²) in [4.78, 5) is 35.6. The normalized spacial score (nSPS) is 11.6. The summed E-state index contributed by atoms with van der Waals surface area (Å²) in [6.45, 7) is 2.58. The van der Waals surface area contributed by atoms with E-state index in [9.17, 15) is 19.7 Å². The van der Waals surface area contributed by atoms with Crippen LogP contribution < -0.4 is 4.74 Å². The lowest BCUT2D eigenvalue weighted by molar-refractivity contribution is -0.481. The lowest BCUT2D eigenvalue weighted by Gasteiger charge is -2.17. The molecule has 2 aromatic carbocycles. The largest absolute Gasteiger partial charge is 0.466 e. The van der Waals surface area contributed by atoms with Crippen LogP contribution in [0, 0.1) is 10.1 Å². The fourth-order valence-corrected chi connectivity index (χ4v) is 4.08. The van der Waals surface area contributed by atoms with E-state index in [-0.39, 0.29) is 30.2 Å². The van der Waals surface area contributed by atoms with Crippen molar-refractivity contribution in [2.45, 2.75) is 26.2 Å². The van der Waals surface area contributed by atoms with Gasteiger partial charge in [0.2, 0.25) is 12.4 Å². The average molecular weight is 516 g/mol. The van der Waals surface area contributed by atoms with Gasteiger partial charge >= 0.3 is 11.9 Å². The summed E-state index contributed by atoms with van der Waals surface area (Å²) < 4.78 is 12.7. The molecule has 0 saturated heterocycles. The lowest BCUT2D eigenvalue weighted by atomic mass is 9.90. The highest BCUT2D eigenvalue weighted by molar-refractivity contribution is 9.10. The molecule has 0 fully saturated rings. The minimum Gasteiger partial charge on any atom is -0.466 e. The number of hydrogen-bond donors (Lipinski definition) is 0. The molecule has 0 aliphatic heterocycles. The molecule has 9 nitrogen and oxygen atoms in total. The standard InChI is InChI=1S/C23H22BrN3O6/c1-3-32-21(29)13-20-22(18(14-26(30)31)17-11-7-8-12-19(17)24)23(33-15(2)28)27(25-20)16-9-5-4-6-10-16/h4-12,18H,3,13-14H2,1-2H3/t18-/m0/s1. The summed E-state index contributed by atoms with van der Waals surface area (Å²) in [5, 5.41) is 16.2. The van der Waals surface area contributed by atoms with Crippen LogP contribution in [0.3, 0.4) is 0 Å². The third kappa shape index (κ3) is 5.83. The first-order chi connectivity index (χ1) is 15.8. The van der Waals surface area contributed by atoms with Gasteiger partial charge in [0.1, 0.15) is 0 Å². The number of hydrogen-bond acceptors (Lipinski definition) is 7. The zero-order valence-corrected chi connectivity index (χ0v) is 19.6. The molecule has 0 bridgehead atoms. The lowest BCUT2D eigenvalue weighted by Crippen LogP contribution is -2.18. The van der Waals surface area contributed by atoms with Crippen LogP contribution in [0.1, 0.15) is 36.6 Å². The van der Waals surface area contributed by atoms with Gasteiger partial charge in [0.25, 0.3) is 0 Å². The number of nitro groups is 1. The SMILES string of the molecule is CCOC(=O)Cc1nn(-c2ccccc2)c(OC(C)=O)c1[C@@H](C[N+](=O)[O-])c1ccccc1Br. The maximum atomic E-state index is 12.4. The Morgan fingerprint density at radius 3 is 2.42 bits per heavy atom. The van der Waals surface area contributed by atoms with Gasteiger partial charge in [0.05, 0.1) is 35.9 Å². The van der Waals surface area contributed by atoms with Gasteiger partial charge in [0, 0.05) is 16.3 Å². The van der Waals surface area contributed by atoms with Gasteiger partial charge in [-0.25, -0.2) is 4.68 Å². The quantitative estimate of drug-likeness (QED) is 0.239. The third-order valence-electron chi connectivity index (χ3n) is 4.77. The molecule has 10 heteroatoms. The molecule has 0 amide bonds. The molecule has 0 saturated carbocycles. The molecule has 0 radical (unpaired) electrons. The summed E-state index contributed by atoms with van der Waals surface area (Å²) >= 11 is 3.46. The molecule has 0 N–H and O–H groups in total. The Hall–Kier alpha value is -3.53. The minimum absolute atomic E-state index is 0.0237. The maximum Gasteiger partial charge on any atom is 0.311 e. The van der Waals surface area contributed by atoms with Crippen LogP contribution in [-0.2, 0) is 20.7 Å². The minimum atomic E-state index is -0.855. The summed E-state index contributed by atoms with van der Waals surface area (Å²) in [6.07, 6.45) is -0.240. The second-order valence-corrected chi connectivity index (χ2v) is 7.93. The topological polar surface area (TPSA) is 114 Å². The zero-order valence-electron chi connectivity index (χ0n) is 18.1. The van der Waals surface area contributed by atoms with Crippen molar-refractivity contribution < 1.29 is 24.0 Å². The van der Waals surface area contributed by atoms with E-state index < -0.39 is 29.3 Å². The Bertz CT molecular complexity index is 1160. The first-order valence-corrected chi connectivity index (χ1v) is 11.0. The zero-order chi connectivity index (χ0) is 24.0. The number of carbonyl (C=O) groups is 2. The molecule has 0 unspecified atom stereocenters. The van der Waals surface area contributed by atoms with Gasteiger partial charge in [-0.3, -0.25) is 19.7 Å². The van der Waals surface area contributed by atoms with E-state index in [4.69, 9.17) is 9.47 Å². The van der Waals surface area contributed by atoms with Crippen LogP contribution in [-0.4, -0.2) is 39.8 Å². The number of rotatable bonds is 9. The summed E-state index contributed by atoms with van der Waals surface area (Å²) in [5.41, 5.74) is 1.68. The number of halogens is 1. The van der Waals surface area contributed by atoms with Crippen LogP contribution >= 0.6 is 15.9 Å². The van der Waals surface area contributed by atoms with E-state index in [1.165, 1.54) is 11.6 Å². The fourth-order valence-electron chi connectivity index (χ4n) is 3.52. The van der Waals surface area contributed by atoms with E-state index in [0.29, 0.717) is 15.7 Å². The van der Waals surface area contributed by atoms with Crippen molar-refractivity contribution in [1.29, 1.82) is 0 Å². The Kier molecular flexibility index (Phi) is 7.94. The van der Waals surface area contributed by atoms with Crippen molar-refractivity contribution in [2.24, 2.45) is 0 Å². The summed E-state index contributed by atoms with van der Waals surface area (Å²) in [5.74, 6) is -2.00. The van der Waals surface area contributed by atoms with Crippen molar-refractivity contribution in [3.8, 4) is 11.6 Å². The Morgan fingerprint density at radius 2 is 1.82 bits per heavy atom. The highest BCUT2D eigenvalue weighted by Gasteiger charge is 2.34. The Balaban J connectivity index is 2.31. The van der Waals surface area contributed by atoms with Crippen LogP contribution in [0.2, 0.25) is 0 Å². The molecular weight excluding hydrogens is 494 g/mol. The molecule has 172 valence electrons. The van der Waals surface area contributed by atoms with Crippen LogP contribution in [0.15, 0.2) is 59.1 Å². The fraction of sp³-hybridized carbons (Fsp3) is 0.261. The van der Waals surface area contributed by atoms with Gasteiger partial charge in [-0.1, -0.05) is 52.3 Å². The number of para-hydroxylation sites is 1. The van der Waals surface area contributed by atoms with Gasteiger partial charge in [-0.05, 0) is 30.7 Å². The van der Waals surface area contributed by atoms with E-state index >= 15 is 0 Å². The first-order valence-electron chi connectivity index (χ1n) is 10.2. The molecule has 33 heavy (non-hydrogen) atoms. The predicted molar refractivity (Wildman–Crippen MR) is 123 cm³/mol. The highest BCUT2D eigenvalue weighted by atomic mass is 79.9. The molecule has 0 aliphatic carbocycles. The van der Waals surface area contributed by atoms with E-state index in [1.54, 1.807) is 55.5 Å². The van der Waals surface area contributed by atoms with Crippen LogP contribution in [0.25, 0.3) is 5.69 Å². The van der Waals surface area contributed by atoms with Crippen LogP contribution in [0.4, 0.5) is 0 Å². The van der Waals surface area contributed by atoms with Crippen molar-refractivity contribution in [3.63, 3.8) is 0 Å². The third-order valence-corrected chi connectivity index (χ3v) is 5.50. The second kappa shape index (κ2) is 10.9. The van der Waals surface area contributed by atoms with Gasteiger partial charge in [-0.2, -0.15) is 5.10 Å². The van der Waals surface area contributed by atoms with E-state index in [1.807, 2.05) is 6.07 Å². The van der Waals surface area contributed by atoms with Gasteiger partial charge < -0.3 is 9.47 Å². The molecule has 1 heterocycles. The van der Waals surface area contributed by atoms with Crippen LogP contribution in [0.5, 0.6) is 5.88 Å². The summed E-state index contributed by atoms with van der Waals surface area (Å²) in [6, 6.07) is 15.9. The Morgan fingerprint density at radius 1 is 1.15 bits per heavy atom. The number of aromatic nitrogens is 2. The maximum absolute atomic E-state index is 12.4. The van der Waals surface area contributed by atoms with E-state index in [2.05, 4.69) is 21.0 Å². The average Bonchev–Trinajstić information content (AvgIpc) is 3.10. The first kappa shape index (κ1) is 24.1. The molecule has 3 aromatic rings. The highest BCUT2D eigenvalue weighted by Crippen LogP contribution is 2.39. The molecule has 0 aliphatic rings. The van der Waals surface area contributed by atoms with E-state index in [0.717, 1.165) is 0 Å². The summed E-state index contributed by atoms with van der Waals surface area (Å²) in [7, 11) is 0. The predicted octanol–water partition coefficient (Wildman–Crippen LogP) is 4.07. The number of ether oxygens (including phenoxy) is 2. The molecule has 0 spiro atoms. The number of nitrogens with zero attached hydrogens (tertiary/aromatic N) is 3. The van der Waals surface area contributed by atoms with Crippen molar-refractivity contribution in [1.82, 2.24) is 9.78 Å². The Labute approximate surface area is 198 Å². The van der Waals surface area contributed by atoms with Crippen molar-refractivity contribution >= 4 is 27.9 Å². The van der Waals surface area contributed by atoms with Gasteiger partial charge in [0.15, 0.2) is 0 Å². The van der Waals surface area contributed by atoms with Crippen molar-refractivity contribution in [2.75, 3.05) is 13.2 Å². The number of benzene rings is 2. The number of esters is 2. The van der Waals surface area contributed by atoms with Crippen molar-refractivity contribution in [3.05, 3.63) is 86.0 Å². The number of carbonyl (C=O) groups excluding carboxylic acids is 2. The molecule has 3 rings (SSSR count). The monoisotopic (exact) mass is 515 g/mol. The smallest absolute Gasteiger partial charge is 0.311 e. The second-order valence-electron chi connectivity index (χ2n) is 7.08. The molecule has 1 aromatic heterocycles. The molecular formula is C23H22BrN3O6. The molecule has 1 atom stereocenters. The van der Waals surface area contributed by atoms with Gasteiger partial charge in [-0.15, -0.1) is 0 Å².